The van der Waals surface area contributed by atoms with Crippen molar-refractivity contribution in [3.63, 3.8) is 0 Å². The Balaban J connectivity index is 2.05. The lowest BCUT2D eigenvalue weighted by atomic mass is 10.2. The Hall–Kier alpha value is -3.51. The fraction of sp³-hybridized carbons (Fsp3) is 0.364. The zero-order valence-electron chi connectivity index (χ0n) is 19.5. The quantitative estimate of drug-likeness (QED) is 0.375. The minimum Gasteiger partial charge on any atom is -0.477 e. The van der Waals surface area contributed by atoms with Crippen molar-refractivity contribution in [1.82, 2.24) is 9.21 Å². The number of rotatable bonds is 11. The van der Waals surface area contributed by atoms with E-state index in [1.54, 1.807) is 26.0 Å². The highest BCUT2D eigenvalue weighted by Gasteiger charge is 2.27. The fourth-order valence-electron chi connectivity index (χ4n) is 3.03. The monoisotopic (exact) mass is 492 g/mol. The van der Waals surface area contributed by atoms with Gasteiger partial charge in [0.05, 0.1) is 16.4 Å². The second-order valence-corrected chi connectivity index (χ2v) is 9.37. The molecule has 2 amide bonds. The van der Waals surface area contributed by atoms with Crippen LogP contribution in [-0.2, 0) is 19.6 Å². The molecule has 0 aliphatic carbocycles. The standard InChI is InChI=1S/C22H28N4O7S/c1-5-25(6-2)34(31,32)18-11-12-20(19(13-18)26(29)30)33-15-22(28)24(4)14-21(27)23-17-9-7-16(3)8-10-17/h7-13H,5-6,14-15H2,1-4H3,(H,23,27). The predicted octanol–water partition coefficient (Wildman–Crippen LogP) is 2.41. The molecule has 0 saturated heterocycles. The summed E-state index contributed by atoms with van der Waals surface area (Å²) in [4.78, 5) is 36.1. The van der Waals surface area contributed by atoms with Crippen molar-refractivity contribution in [2.45, 2.75) is 25.7 Å². The first kappa shape index (κ1) is 26.7. The van der Waals surface area contributed by atoms with Crippen LogP contribution >= 0.6 is 0 Å². The van der Waals surface area contributed by atoms with Crippen LogP contribution in [0.2, 0.25) is 0 Å². The van der Waals surface area contributed by atoms with Crippen molar-refractivity contribution in [3.8, 4) is 5.75 Å². The first-order chi connectivity index (χ1) is 16.0. The number of hydrogen-bond donors (Lipinski definition) is 1. The number of nitro benzene ring substituents is 1. The van der Waals surface area contributed by atoms with Gasteiger partial charge in [-0.1, -0.05) is 31.5 Å². The van der Waals surface area contributed by atoms with Gasteiger partial charge < -0.3 is 15.0 Å². The minimum atomic E-state index is -3.91. The Kier molecular flexibility index (Phi) is 9.10. The van der Waals surface area contributed by atoms with Crippen molar-refractivity contribution in [2.24, 2.45) is 0 Å². The van der Waals surface area contributed by atoms with Gasteiger partial charge in [0, 0.05) is 31.9 Å². The third-order valence-corrected chi connectivity index (χ3v) is 7.01. The summed E-state index contributed by atoms with van der Waals surface area (Å²) in [7, 11) is -2.51. The summed E-state index contributed by atoms with van der Waals surface area (Å²) in [6.45, 7) is 4.84. The van der Waals surface area contributed by atoms with Crippen LogP contribution in [0.3, 0.4) is 0 Å². The summed E-state index contributed by atoms with van der Waals surface area (Å²) in [5, 5.41) is 14.2. The molecule has 0 heterocycles. The topological polar surface area (TPSA) is 139 Å². The summed E-state index contributed by atoms with van der Waals surface area (Å²) >= 11 is 0. The summed E-state index contributed by atoms with van der Waals surface area (Å²) in [5.74, 6) is -1.26. The lowest BCUT2D eigenvalue weighted by Crippen LogP contribution is -2.37. The van der Waals surface area contributed by atoms with Crippen molar-refractivity contribution in [1.29, 1.82) is 0 Å². The molecule has 0 spiro atoms. The van der Waals surface area contributed by atoms with Gasteiger partial charge in [-0.3, -0.25) is 19.7 Å². The van der Waals surface area contributed by atoms with E-state index in [0.29, 0.717) is 5.69 Å². The van der Waals surface area contributed by atoms with E-state index in [1.165, 1.54) is 17.4 Å². The summed E-state index contributed by atoms with van der Waals surface area (Å²) in [6.07, 6.45) is 0. The highest BCUT2D eigenvalue weighted by Crippen LogP contribution is 2.31. The largest absolute Gasteiger partial charge is 0.477 e. The normalized spacial score (nSPS) is 11.2. The molecule has 0 fully saturated rings. The van der Waals surface area contributed by atoms with Gasteiger partial charge in [-0.05, 0) is 31.2 Å². The molecule has 0 aliphatic rings. The molecular formula is C22H28N4O7S. The SMILES string of the molecule is CCN(CC)S(=O)(=O)c1ccc(OCC(=O)N(C)CC(=O)Nc2ccc(C)cc2)c([N+](=O)[O-])c1. The number of carbonyl (C=O) groups excluding carboxylic acids is 2. The van der Waals surface area contributed by atoms with Crippen LogP contribution in [0.15, 0.2) is 47.4 Å². The number of likely N-dealkylation sites (N-methyl/N-ethyl adjacent to an activating group) is 1. The molecule has 2 aromatic rings. The molecule has 34 heavy (non-hydrogen) atoms. The number of hydrogen-bond acceptors (Lipinski definition) is 7. The molecule has 0 atom stereocenters. The molecule has 0 unspecified atom stereocenters. The Bertz CT molecular complexity index is 1150. The van der Waals surface area contributed by atoms with E-state index < -0.39 is 39.1 Å². The number of amides is 2. The molecule has 2 aromatic carbocycles. The first-order valence-corrected chi connectivity index (χ1v) is 12.0. The summed E-state index contributed by atoms with van der Waals surface area (Å²) in [5.41, 5.74) is 1.04. The van der Waals surface area contributed by atoms with Gasteiger partial charge in [0.2, 0.25) is 15.9 Å². The van der Waals surface area contributed by atoms with Crippen molar-refractivity contribution in [3.05, 3.63) is 58.1 Å². The molecule has 2 rings (SSSR count). The van der Waals surface area contributed by atoms with Crippen LogP contribution in [0.25, 0.3) is 0 Å². The zero-order valence-corrected chi connectivity index (χ0v) is 20.3. The van der Waals surface area contributed by atoms with E-state index in [1.807, 2.05) is 19.1 Å². The molecule has 0 radical (unpaired) electrons. The van der Waals surface area contributed by atoms with Crippen molar-refractivity contribution >= 4 is 33.2 Å². The van der Waals surface area contributed by atoms with E-state index >= 15 is 0 Å². The lowest BCUT2D eigenvalue weighted by Gasteiger charge is -2.19. The van der Waals surface area contributed by atoms with E-state index in [4.69, 9.17) is 4.74 Å². The van der Waals surface area contributed by atoms with Gasteiger partial charge in [-0.15, -0.1) is 0 Å². The van der Waals surface area contributed by atoms with E-state index in [2.05, 4.69) is 5.32 Å². The Morgan fingerprint density at radius 1 is 1.09 bits per heavy atom. The van der Waals surface area contributed by atoms with E-state index in [9.17, 15) is 28.1 Å². The van der Waals surface area contributed by atoms with Gasteiger partial charge >= 0.3 is 5.69 Å². The Labute approximate surface area is 198 Å². The number of nitrogens with zero attached hydrogens (tertiary/aromatic N) is 3. The fourth-order valence-corrected chi connectivity index (χ4v) is 4.50. The number of sulfonamides is 1. The number of carbonyl (C=O) groups is 2. The number of nitro groups is 1. The van der Waals surface area contributed by atoms with Crippen LogP contribution in [-0.4, -0.2) is 67.6 Å². The maximum Gasteiger partial charge on any atom is 0.312 e. The van der Waals surface area contributed by atoms with Gasteiger partial charge in [-0.2, -0.15) is 4.31 Å². The van der Waals surface area contributed by atoms with E-state index in [-0.39, 0.29) is 30.3 Å². The minimum absolute atomic E-state index is 0.212. The van der Waals surface area contributed by atoms with Gasteiger partial charge in [-0.25, -0.2) is 8.42 Å². The van der Waals surface area contributed by atoms with Gasteiger partial charge in [0.15, 0.2) is 12.4 Å². The second-order valence-electron chi connectivity index (χ2n) is 7.43. The molecule has 11 nitrogen and oxygen atoms in total. The maximum atomic E-state index is 12.7. The van der Waals surface area contributed by atoms with Crippen molar-refractivity contribution < 1.29 is 27.7 Å². The molecule has 1 N–H and O–H groups in total. The first-order valence-electron chi connectivity index (χ1n) is 10.5. The van der Waals surface area contributed by atoms with Crippen LogP contribution in [0.1, 0.15) is 19.4 Å². The Morgan fingerprint density at radius 2 is 1.71 bits per heavy atom. The number of nitrogens with one attached hydrogen (secondary N) is 1. The highest BCUT2D eigenvalue weighted by atomic mass is 32.2. The predicted molar refractivity (Wildman–Crippen MR) is 126 cm³/mol. The van der Waals surface area contributed by atoms with Crippen molar-refractivity contribution in [2.75, 3.05) is 38.6 Å². The average Bonchev–Trinajstić information content (AvgIpc) is 2.79. The molecule has 184 valence electrons. The number of anilines is 1. The molecule has 0 saturated carbocycles. The van der Waals surface area contributed by atoms with Crippen LogP contribution < -0.4 is 10.1 Å². The average molecular weight is 493 g/mol. The molecule has 0 aliphatic heterocycles. The Morgan fingerprint density at radius 3 is 2.26 bits per heavy atom. The van der Waals surface area contributed by atoms with E-state index in [0.717, 1.165) is 22.6 Å². The number of aryl methyl sites for hydroxylation is 1. The number of ether oxygens (including phenoxy) is 1. The van der Waals surface area contributed by atoms with Gasteiger partial charge in [0.1, 0.15) is 0 Å². The smallest absolute Gasteiger partial charge is 0.312 e. The number of benzene rings is 2. The highest BCUT2D eigenvalue weighted by molar-refractivity contribution is 7.89. The zero-order chi connectivity index (χ0) is 25.5. The molecule has 12 heteroatoms. The second kappa shape index (κ2) is 11.6. The molecule has 0 aromatic heterocycles. The summed E-state index contributed by atoms with van der Waals surface area (Å²) in [6, 6.07) is 10.4. The molecular weight excluding hydrogens is 464 g/mol. The maximum absolute atomic E-state index is 12.7. The summed E-state index contributed by atoms with van der Waals surface area (Å²) < 4.78 is 31.8. The van der Waals surface area contributed by atoms with Crippen LogP contribution in [0.5, 0.6) is 5.75 Å². The third kappa shape index (κ3) is 6.75. The third-order valence-electron chi connectivity index (χ3n) is 4.96. The van der Waals surface area contributed by atoms with Crippen LogP contribution in [0, 0.1) is 17.0 Å². The van der Waals surface area contributed by atoms with Gasteiger partial charge in [0.25, 0.3) is 5.91 Å². The lowest BCUT2D eigenvalue weighted by molar-refractivity contribution is -0.386. The molecule has 0 bridgehead atoms. The van der Waals surface area contributed by atoms with Crippen LogP contribution in [0.4, 0.5) is 11.4 Å².